The van der Waals surface area contributed by atoms with E-state index < -0.39 is 12.1 Å². The van der Waals surface area contributed by atoms with Gasteiger partial charge in [0.1, 0.15) is 11.8 Å². The third-order valence-electron chi connectivity index (χ3n) is 4.88. The number of benzene rings is 1. The van der Waals surface area contributed by atoms with Crippen molar-refractivity contribution in [1.82, 2.24) is 19.7 Å². The van der Waals surface area contributed by atoms with Gasteiger partial charge in [0.25, 0.3) is 5.56 Å². The third-order valence-corrected chi connectivity index (χ3v) is 4.88. The normalized spacial score (nSPS) is 11.8. The van der Waals surface area contributed by atoms with Gasteiger partial charge in [0.05, 0.1) is 11.9 Å². The fraction of sp³-hybridized carbons (Fsp3) is 0.174. The standard InChI is InChI=1S/C23H21N5O3/c1-3-28-22(29)19(26-21-14-25-13-17-6-4-5-7-18(17)21)12-20(27-28)23(30)31-15(2)16-8-10-24-11-9-16/h4-15,26H,3H2,1-2H3. The highest BCUT2D eigenvalue weighted by molar-refractivity contribution is 5.95. The van der Waals surface area contributed by atoms with Gasteiger partial charge in [0, 0.05) is 42.0 Å². The molecular formula is C23H21N5O3. The number of carbonyl (C=O) groups is 1. The van der Waals surface area contributed by atoms with Gasteiger partial charge in [-0.05, 0) is 31.5 Å². The zero-order chi connectivity index (χ0) is 21.8. The van der Waals surface area contributed by atoms with E-state index in [0.29, 0.717) is 12.2 Å². The summed E-state index contributed by atoms with van der Waals surface area (Å²) in [7, 11) is 0. The summed E-state index contributed by atoms with van der Waals surface area (Å²) in [6, 6.07) is 12.7. The van der Waals surface area contributed by atoms with E-state index in [2.05, 4.69) is 20.4 Å². The van der Waals surface area contributed by atoms with Gasteiger partial charge in [0.15, 0.2) is 5.69 Å². The molecular weight excluding hydrogens is 394 g/mol. The minimum absolute atomic E-state index is 0.0399. The molecule has 156 valence electrons. The lowest BCUT2D eigenvalue weighted by atomic mass is 10.1. The Morgan fingerprint density at radius 3 is 2.65 bits per heavy atom. The molecule has 0 saturated heterocycles. The lowest BCUT2D eigenvalue weighted by molar-refractivity contribution is 0.0327. The summed E-state index contributed by atoms with van der Waals surface area (Å²) < 4.78 is 6.78. The molecule has 0 saturated carbocycles. The average Bonchev–Trinajstić information content (AvgIpc) is 2.81. The Balaban J connectivity index is 1.67. The molecule has 0 bridgehead atoms. The van der Waals surface area contributed by atoms with E-state index in [-0.39, 0.29) is 16.9 Å². The van der Waals surface area contributed by atoms with Crippen molar-refractivity contribution in [2.45, 2.75) is 26.5 Å². The molecule has 3 heterocycles. The van der Waals surface area contributed by atoms with Gasteiger partial charge in [-0.2, -0.15) is 5.10 Å². The van der Waals surface area contributed by atoms with Crippen molar-refractivity contribution in [3.8, 4) is 0 Å². The maximum absolute atomic E-state index is 12.8. The van der Waals surface area contributed by atoms with E-state index in [0.717, 1.165) is 16.3 Å². The number of anilines is 2. The van der Waals surface area contributed by atoms with Crippen LogP contribution in [-0.4, -0.2) is 25.7 Å². The van der Waals surface area contributed by atoms with Gasteiger partial charge in [-0.1, -0.05) is 24.3 Å². The molecule has 1 atom stereocenters. The number of esters is 1. The van der Waals surface area contributed by atoms with Crippen molar-refractivity contribution in [3.05, 3.63) is 88.9 Å². The number of aryl methyl sites for hydroxylation is 1. The molecule has 4 rings (SSSR count). The van der Waals surface area contributed by atoms with Gasteiger partial charge < -0.3 is 10.1 Å². The quantitative estimate of drug-likeness (QED) is 0.477. The second-order valence-electron chi connectivity index (χ2n) is 6.93. The topological polar surface area (TPSA) is 99.0 Å². The van der Waals surface area contributed by atoms with Crippen LogP contribution in [0.3, 0.4) is 0 Å². The molecule has 0 aliphatic heterocycles. The lowest BCUT2D eigenvalue weighted by Gasteiger charge is -2.15. The summed E-state index contributed by atoms with van der Waals surface area (Å²) in [5.74, 6) is -0.620. The highest BCUT2D eigenvalue weighted by Crippen LogP contribution is 2.24. The lowest BCUT2D eigenvalue weighted by Crippen LogP contribution is -2.27. The van der Waals surface area contributed by atoms with Crippen LogP contribution in [0.15, 0.2) is 72.0 Å². The zero-order valence-electron chi connectivity index (χ0n) is 17.1. The Morgan fingerprint density at radius 2 is 1.87 bits per heavy atom. The van der Waals surface area contributed by atoms with Crippen LogP contribution in [-0.2, 0) is 11.3 Å². The average molecular weight is 415 g/mol. The van der Waals surface area contributed by atoms with Crippen LogP contribution in [0.2, 0.25) is 0 Å². The number of carbonyl (C=O) groups excluding carboxylic acids is 1. The van der Waals surface area contributed by atoms with Crippen molar-refractivity contribution in [1.29, 1.82) is 0 Å². The number of nitrogens with zero attached hydrogens (tertiary/aromatic N) is 4. The molecule has 0 fully saturated rings. The minimum atomic E-state index is -0.620. The molecule has 31 heavy (non-hydrogen) atoms. The first-order chi connectivity index (χ1) is 15.1. The van der Waals surface area contributed by atoms with Crippen LogP contribution in [0.25, 0.3) is 10.8 Å². The zero-order valence-corrected chi connectivity index (χ0v) is 17.1. The molecule has 3 aromatic heterocycles. The molecule has 0 aliphatic carbocycles. The minimum Gasteiger partial charge on any atom is -0.453 e. The fourth-order valence-corrected chi connectivity index (χ4v) is 3.23. The van der Waals surface area contributed by atoms with Crippen LogP contribution in [0.4, 0.5) is 11.4 Å². The Morgan fingerprint density at radius 1 is 1.10 bits per heavy atom. The summed E-state index contributed by atoms with van der Waals surface area (Å²) in [6.07, 6.45) is 6.17. The smallest absolute Gasteiger partial charge is 0.359 e. The second kappa shape index (κ2) is 8.74. The van der Waals surface area contributed by atoms with E-state index in [1.165, 1.54) is 10.7 Å². The molecule has 8 nitrogen and oxygen atoms in total. The van der Waals surface area contributed by atoms with Gasteiger partial charge in [-0.25, -0.2) is 9.48 Å². The number of nitrogens with one attached hydrogen (secondary N) is 1. The monoisotopic (exact) mass is 415 g/mol. The molecule has 4 aromatic rings. The van der Waals surface area contributed by atoms with Gasteiger partial charge in [-0.15, -0.1) is 0 Å². The van der Waals surface area contributed by atoms with Crippen LogP contribution < -0.4 is 10.9 Å². The van der Waals surface area contributed by atoms with Crippen molar-refractivity contribution in [3.63, 3.8) is 0 Å². The molecule has 0 amide bonds. The Hall–Kier alpha value is -4.07. The predicted molar refractivity (Wildman–Crippen MR) is 117 cm³/mol. The number of hydrogen-bond donors (Lipinski definition) is 1. The third kappa shape index (κ3) is 4.28. The molecule has 1 N–H and O–H groups in total. The first kappa shape index (κ1) is 20.2. The van der Waals surface area contributed by atoms with Crippen LogP contribution in [0, 0.1) is 0 Å². The van der Waals surface area contributed by atoms with E-state index in [9.17, 15) is 9.59 Å². The van der Waals surface area contributed by atoms with Crippen LogP contribution in [0.1, 0.15) is 36.0 Å². The largest absolute Gasteiger partial charge is 0.453 e. The summed E-state index contributed by atoms with van der Waals surface area (Å²) in [6.45, 7) is 3.86. The van der Waals surface area contributed by atoms with E-state index in [1.54, 1.807) is 50.8 Å². The summed E-state index contributed by atoms with van der Waals surface area (Å²) in [5.41, 5.74) is 1.40. The summed E-state index contributed by atoms with van der Waals surface area (Å²) in [5, 5.41) is 9.12. The van der Waals surface area contributed by atoms with Gasteiger partial charge in [-0.3, -0.25) is 14.8 Å². The number of aromatic nitrogens is 4. The van der Waals surface area contributed by atoms with Crippen LogP contribution in [0.5, 0.6) is 0 Å². The van der Waals surface area contributed by atoms with Crippen molar-refractivity contribution < 1.29 is 9.53 Å². The number of ether oxygens (including phenoxy) is 1. The van der Waals surface area contributed by atoms with Crippen LogP contribution >= 0.6 is 0 Å². The first-order valence-corrected chi connectivity index (χ1v) is 9.89. The number of pyridine rings is 2. The first-order valence-electron chi connectivity index (χ1n) is 9.89. The molecule has 0 radical (unpaired) electrons. The molecule has 8 heteroatoms. The number of fused-ring (bicyclic) bond motifs is 1. The van der Waals surface area contributed by atoms with E-state index >= 15 is 0 Å². The molecule has 1 unspecified atom stereocenters. The Labute approximate surface area is 178 Å². The van der Waals surface area contributed by atoms with E-state index in [1.807, 2.05) is 24.3 Å². The highest BCUT2D eigenvalue weighted by Gasteiger charge is 2.19. The molecule has 0 spiro atoms. The highest BCUT2D eigenvalue weighted by atomic mass is 16.5. The number of hydrogen-bond acceptors (Lipinski definition) is 7. The summed E-state index contributed by atoms with van der Waals surface area (Å²) >= 11 is 0. The van der Waals surface area contributed by atoms with Gasteiger partial charge >= 0.3 is 5.97 Å². The van der Waals surface area contributed by atoms with Crippen molar-refractivity contribution in [2.75, 3.05) is 5.32 Å². The maximum atomic E-state index is 12.8. The number of rotatable bonds is 6. The molecule has 0 aliphatic rings. The van der Waals surface area contributed by atoms with Crippen molar-refractivity contribution in [2.24, 2.45) is 0 Å². The Bertz CT molecular complexity index is 1280. The van der Waals surface area contributed by atoms with Crippen molar-refractivity contribution >= 4 is 28.1 Å². The second-order valence-corrected chi connectivity index (χ2v) is 6.93. The summed E-state index contributed by atoms with van der Waals surface area (Å²) in [4.78, 5) is 33.8. The fourth-order valence-electron chi connectivity index (χ4n) is 3.23. The predicted octanol–water partition coefficient (Wildman–Crippen LogP) is 3.87. The molecule has 1 aromatic carbocycles. The Kier molecular flexibility index (Phi) is 5.70. The maximum Gasteiger partial charge on any atom is 0.359 e. The SMILES string of the molecule is CCn1nc(C(=O)OC(C)c2ccncc2)cc(Nc2cncc3ccccc23)c1=O. The van der Waals surface area contributed by atoms with Gasteiger partial charge in [0.2, 0.25) is 0 Å². The van der Waals surface area contributed by atoms with E-state index in [4.69, 9.17) is 4.74 Å².